The fourth-order valence-corrected chi connectivity index (χ4v) is 1.66. The molecule has 0 aliphatic carbocycles. The van der Waals surface area contributed by atoms with Crippen LogP contribution < -0.4 is 5.19 Å². The molecular weight excluding hydrogens is 368 g/mol. The third kappa shape index (κ3) is 2.41. The molecule has 0 saturated heterocycles. The molecule has 1 aromatic carbocycles. The first kappa shape index (κ1) is 11.4. The van der Waals surface area contributed by atoms with Crippen molar-refractivity contribution in [1.82, 2.24) is 9.78 Å². The quantitative estimate of drug-likeness (QED) is 0.565. The van der Waals surface area contributed by atoms with E-state index < -0.39 is 0 Å². The molecule has 2 aromatic rings. The van der Waals surface area contributed by atoms with Crippen LogP contribution in [0.25, 0.3) is 5.69 Å². The average Bonchev–Trinajstić information content (AvgIpc) is 2.71. The average molecular weight is 377 g/mol. The largest absolute Gasteiger partial charge is 0.266 e. The van der Waals surface area contributed by atoms with Crippen LogP contribution in [-0.4, -0.2) is 19.3 Å². The molecule has 2 nitrogen and oxygen atoms in total. The normalized spacial score (nSPS) is 9.50. The number of aromatic nitrogens is 2. The van der Waals surface area contributed by atoms with E-state index in [0.717, 1.165) is 15.2 Å². The molecule has 1 heterocycles. The predicted octanol–water partition coefficient (Wildman–Crippen LogP) is 1.05. The molecule has 0 atom stereocenters. The summed E-state index contributed by atoms with van der Waals surface area (Å²) in [6.07, 6.45) is 3.70. The first-order valence-corrected chi connectivity index (χ1v) is 5.60. The van der Waals surface area contributed by atoms with Crippen LogP contribution in [0.4, 0.5) is 0 Å². The minimum absolute atomic E-state index is 0. The predicted molar refractivity (Wildman–Crippen MR) is 53.7 cm³/mol. The molecule has 0 fully saturated rings. The molecule has 0 bridgehead atoms. The topological polar surface area (TPSA) is 17.8 Å². The second-order valence-electron chi connectivity index (χ2n) is 2.65. The van der Waals surface area contributed by atoms with E-state index in [2.05, 4.69) is 23.8 Å². The third-order valence-electron chi connectivity index (χ3n) is 1.80. The van der Waals surface area contributed by atoms with E-state index in [1.54, 1.807) is 6.20 Å². The summed E-state index contributed by atoms with van der Waals surface area (Å²) in [5.41, 5.74) is 1.01. The monoisotopic (exact) mass is 378 g/mol. The maximum absolute atomic E-state index is 4.15. The van der Waals surface area contributed by atoms with Gasteiger partial charge in [-0.1, -0.05) is 6.55 Å². The molecule has 0 saturated carbocycles. The molecule has 0 amide bonds. The second-order valence-corrected chi connectivity index (χ2v) is 3.69. The van der Waals surface area contributed by atoms with E-state index in [0.29, 0.717) is 0 Å². The van der Waals surface area contributed by atoms with Crippen molar-refractivity contribution in [2.45, 2.75) is 6.55 Å². The number of nitrogens with zero attached hydrogens (tertiary/aromatic N) is 2. The van der Waals surface area contributed by atoms with Crippen molar-refractivity contribution < 1.29 is 20.1 Å². The van der Waals surface area contributed by atoms with Crippen LogP contribution in [0.5, 0.6) is 0 Å². The summed E-state index contributed by atoms with van der Waals surface area (Å²) in [5.74, 6) is 0. The first-order valence-electron chi connectivity index (χ1n) is 4.10. The standard InChI is InChI=1S/C10H9N2Si.Ir/c1-13-10-5-2-4-9(8-10)12-7-3-6-11-12;/h2-7H,1H3;/q-1;. The van der Waals surface area contributed by atoms with E-state index in [1.165, 1.54) is 5.19 Å². The van der Waals surface area contributed by atoms with Crippen molar-refractivity contribution in [3.63, 3.8) is 0 Å². The Morgan fingerprint density at radius 1 is 1.36 bits per heavy atom. The SMILES string of the molecule is C[Si]c1[c-]c(-n2cccn2)ccc1.[Ir]. The first-order chi connectivity index (χ1) is 6.40. The fraction of sp³-hybridized carbons (Fsp3) is 0.100. The number of hydrogen-bond acceptors (Lipinski definition) is 1. The maximum atomic E-state index is 4.15. The van der Waals surface area contributed by atoms with Crippen LogP contribution in [0.2, 0.25) is 6.55 Å². The van der Waals surface area contributed by atoms with Crippen LogP contribution in [0.15, 0.2) is 36.7 Å². The van der Waals surface area contributed by atoms with Gasteiger partial charge < -0.3 is 0 Å². The van der Waals surface area contributed by atoms with Gasteiger partial charge >= 0.3 is 0 Å². The Balaban J connectivity index is 0.000000980. The number of rotatable bonds is 2. The molecule has 3 radical (unpaired) electrons. The van der Waals surface area contributed by atoms with Crippen LogP contribution >= 0.6 is 0 Å². The summed E-state index contributed by atoms with van der Waals surface area (Å²) in [6.45, 7) is 2.15. The van der Waals surface area contributed by atoms with Crippen molar-refractivity contribution in [2.24, 2.45) is 0 Å². The Bertz CT molecular complexity index is 387. The number of hydrogen-bond donors (Lipinski definition) is 0. The Hall–Kier alpha value is -0.704. The van der Waals surface area contributed by atoms with Gasteiger partial charge in [-0.15, -0.1) is 6.07 Å². The van der Waals surface area contributed by atoms with Gasteiger partial charge in [0.1, 0.15) is 0 Å². The summed E-state index contributed by atoms with van der Waals surface area (Å²) in [4.78, 5) is 0. The molecular formula is C10H9IrN2Si-. The summed E-state index contributed by atoms with van der Waals surface area (Å²) < 4.78 is 1.82. The van der Waals surface area contributed by atoms with Gasteiger partial charge in [0.2, 0.25) is 0 Å². The van der Waals surface area contributed by atoms with Gasteiger partial charge in [-0.3, -0.25) is 4.68 Å². The molecule has 73 valence electrons. The zero-order valence-electron chi connectivity index (χ0n) is 7.69. The van der Waals surface area contributed by atoms with Gasteiger partial charge in [-0.25, -0.2) is 0 Å². The van der Waals surface area contributed by atoms with E-state index in [1.807, 2.05) is 29.1 Å². The smallest absolute Gasteiger partial charge is 0.0493 e. The van der Waals surface area contributed by atoms with Crippen LogP contribution in [-0.2, 0) is 20.1 Å². The van der Waals surface area contributed by atoms with Gasteiger partial charge in [-0.05, 0) is 11.8 Å². The second kappa shape index (κ2) is 5.24. The Morgan fingerprint density at radius 2 is 2.21 bits per heavy atom. The van der Waals surface area contributed by atoms with Gasteiger partial charge in [0.15, 0.2) is 0 Å². The summed E-state index contributed by atoms with van der Waals surface area (Å²) >= 11 is 0. The molecule has 0 N–H and O–H groups in total. The third-order valence-corrected chi connectivity index (χ3v) is 2.63. The summed E-state index contributed by atoms with van der Waals surface area (Å²) in [5, 5.41) is 5.39. The van der Waals surface area contributed by atoms with Gasteiger partial charge in [-0.2, -0.15) is 28.5 Å². The molecule has 4 heteroatoms. The Morgan fingerprint density at radius 3 is 2.86 bits per heavy atom. The van der Waals surface area contributed by atoms with Crippen molar-refractivity contribution in [3.8, 4) is 5.69 Å². The van der Waals surface area contributed by atoms with Crippen LogP contribution in [0.1, 0.15) is 0 Å². The van der Waals surface area contributed by atoms with Gasteiger partial charge in [0.25, 0.3) is 0 Å². The number of benzene rings is 1. The van der Waals surface area contributed by atoms with Crippen molar-refractivity contribution in [1.29, 1.82) is 0 Å². The van der Waals surface area contributed by atoms with E-state index in [9.17, 15) is 0 Å². The molecule has 14 heavy (non-hydrogen) atoms. The maximum Gasteiger partial charge on any atom is 0.0493 e. The van der Waals surface area contributed by atoms with Crippen molar-refractivity contribution in [3.05, 3.63) is 42.7 Å². The van der Waals surface area contributed by atoms with Crippen molar-refractivity contribution in [2.75, 3.05) is 0 Å². The van der Waals surface area contributed by atoms with Crippen molar-refractivity contribution >= 4 is 14.7 Å². The molecule has 0 unspecified atom stereocenters. The minimum Gasteiger partial charge on any atom is -0.266 e. The van der Waals surface area contributed by atoms with Crippen LogP contribution in [0.3, 0.4) is 0 Å². The summed E-state index contributed by atoms with van der Waals surface area (Å²) in [7, 11) is 0.784. The zero-order chi connectivity index (χ0) is 9.10. The zero-order valence-corrected chi connectivity index (χ0v) is 11.1. The van der Waals surface area contributed by atoms with E-state index in [-0.39, 0.29) is 20.1 Å². The molecule has 0 aliphatic heterocycles. The molecule has 0 aliphatic rings. The Labute approximate surface area is 99.5 Å². The molecule has 2 rings (SSSR count). The van der Waals surface area contributed by atoms with E-state index >= 15 is 0 Å². The minimum atomic E-state index is 0. The van der Waals surface area contributed by atoms with Crippen LogP contribution in [0, 0.1) is 6.07 Å². The fourth-order valence-electron chi connectivity index (χ4n) is 1.15. The van der Waals surface area contributed by atoms with Gasteiger partial charge in [0.05, 0.1) is 0 Å². The summed E-state index contributed by atoms with van der Waals surface area (Å²) in [6, 6.07) is 11.4. The Kier molecular flexibility index (Phi) is 4.26. The molecule has 0 spiro atoms. The van der Waals surface area contributed by atoms with Gasteiger partial charge in [0, 0.05) is 42.0 Å². The molecule has 1 aromatic heterocycles. The van der Waals surface area contributed by atoms with E-state index in [4.69, 9.17) is 0 Å².